The highest BCUT2D eigenvalue weighted by atomic mass is 15.1. The monoisotopic (exact) mass is 280 g/mol. The highest BCUT2D eigenvalue weighted by Gasteiger charge is 2.17. The highest BCUT2D eigenvalue weighted by Crippen LogP contribution is 2.27. The van der Waals surface area contributed by atoms with Gasteiger partial charge in [0.15, 0.2) is 0 Å². The summed E-state index contributed by atoms with van der Waals surface area (Å²) in [5.41, 5.74) is 9.92. The Kier molecular flexibility index (Phi) is 3.60. The largest absolute Gasteiger partial charge is 0.399 e. The Morgan fingerprint density at radius 1 is 1.29 bits per heavy atom. The number of hydrogen-bond donors (Lipinski definition) is 1. The number of aromatic nitrogens is 3. The minimum atomic E-state index is 0.203. The molecule has 0 spiro atoms. The first-order valence-electron chi connectivity index (χ1n) is 7.37. The predicted octanol–water partition coefficient (Wildman–Crippen LogP) is 3.58. The van der Waals surface area contributed by atoms with Crippen LogP contribution in [0.2, 0.25) is 0 Å². The summed E-state index contributed by atoms with van der Waals surface area (Å²) in [6, 6.07) is 10.2. The van der Waals surface area contributed by atoms with Crippen LogP contribution in [0.15, 0.2) is 42.7 Å². The van der Waals surface area contributed by atoms with Crippen molar-refractivity contribution in [2.45, 2.75) is 32.7 Å². The number of aryl methyl sites for hydroxylation is 1. The third-order valence-corrected chi connectivity index (χ3v) is 3.81. The number of rotatable bonds is 4. The van der Waals surface area contributed by atoms with E-state index in [1.807, 2.05) is 24.4 Å². The van der Waals surface area contributed by atoms with Gasteiger partial charge in [-0.3, -0.25) is 4.98 Å². The molecule has 0 saturated heterocycles. The molecule has 0 saturated carbocycles. The quantitative estimate of drug-likeness (QED) is 0.743. The molecule has 0 aliphatic rings. The molecule has 2 N–H and O–H groups in total. The summed E-state index contributed by atoms with van der Waals surface area (Å²) < 4.78 is 2.30. The second-order valence-corrected chi connectivity index (χ2v) is 5.36. The Bertz CT molecular complexity index is 746. The number of nitrogens with zero attached hydrogens (tertiary/aromatic N) is 3. The Morgan fingerprint density at radius 2 is 2.14 bits per heavy atom. The van der Waals surface area contributed by atoms with E-state index in [1.165, 1.54) is 5.56 Å². The van der Waals surface area contributed by atoms with Crippen molar-refractivity contribution in [1.82, 2.24) is 14.5 Å². The molecule has 3 rings (SSSR count). The van der Waals surface area contributed by atoms with Gasteiger partial charge in [-0.1, -0.05) is 13.0 Å². The number of nitrogens with two attached hydrogens (primary N) is 1. The van der Waals surface area contributed by atoms with Crippen molar-refractivity contribution in [3.8, 4) is 0 Å². The van der Waals surface area contributed by atoms with E-state index in [0.29, 0.717) is 0 Å². The van der Waals surface area contributed by atoms with Gasteiger partial charge in [0.2, 0.25) is 0 Å². The molecule has 0 bridgehead atoms. The second kappa shape index (κ2) is 5.56. The zero-order valence-electron chi connectivity index (χ0n) is 12.5. The summed E-state index contributed by atoms with van der Waals surface area (Å²) in [5.74, 6) is 1.11. The van der Waals surface area contributed by atoms with Gasteiger partial charge in [0.05, 0.1) is 17.1 Å². The van der Waals surface area contributed by atoms with Crippen molar-refractivity contribution in [3.05, 3.63) is 54.1 Å². The van der Waals surface area contributed by atoms with Gasteiger partial charge in [-0.2, -0.15) is 0 Å². The van der Waals surface area contributed by atoms with Crippen LogP contribution >= 0.6 is 0 Å². The normalized spacial score (nSPS) is 12.7. The molecule has 21 heavy (non-hydrogen) atoms. The molecule has 2 aromatic heterocycles. The summed E-state index contributed by atoms with van der Waals surface area (Å²) in [7, 11) is 0. The molecule has 4 nitrogen and oxygen atoms in total. The molecule has 108 valence electrons. The lowest BCUT2D eigenvalue weighted by Crippen LogP contribution is -2.11. The van der Waals surface area contributed by atoms with E-state index in [4.69, 9.17) is 10.7 Å². The maximum Gasteiger partial charge on any atom is 0.110 e. The van der Waals surface area contributed by atoms with Gasteiger partial charge < -0.3 is 10.3 Å². The number of fused-ring (bicyclic) bond motifs is 1. The molecule has 0 radical (unpaired) electrons. The Morgan fingerprint density at radius 3 is 2.86 bits per heavy atom. The van der Waals surface area contributed by atoms with Gasteiger partial charge in [-0.05, 0) is 43.2 Å². The first-order valence-corrected chi connectivity index (χ1v) is 7.37. The number of hydrogen-bond acceptors (Lipinski definition) is 3. The van der Waals surface area contributed by atoms with Crippen molar-refractivity contribution < 1.29 is 0 Å². The van der Waals surface area contributed by atoms with Gasteiger partial charge >= 0.3 is 0 Å². The number of anilines is 1. The Labute approximate surface area is 124 Å². The first kappa shape index (κ1) is 13.6. The summed E-state index contributed by atoms with van der Waals surface area (Å²) >= 11 is 0. The molecular formula is C17H20N4. The van der Waals surface area contributed by atoms with Gasteiger partial charge in [0, 0.05) is 24.5 Å². The van der Waals surface area contributed by atoms with E-state index in [9.17, 15) is 0 Å². The van der Waals surface area contributed by atoms with Crippen LogP contribution < -0.4 is 5.73 Å². The van der Waals surface area contributed by atoms with Crippen LogP contribution in [0.5, 0.6) is 0 Å². The SMILES string of the molecule is CCCc1nc2cc(N)ccc2n1C(C)c1cccnc1. The number of pyridine rings is 1. The number of imidazole rings is 1. The van der Waals surface area contributed by atoms with E-state index in [0.717, 1.165) is 35.4 Å². The Balaban J connectivity index is 2.17. The fourth-order valence-corrected chi connectivity index (χ4v) is 2.77. The molecule has 0 aliphatic carbocycles. The van der Waals surface area contributed by atoms with Gasteiger partial charge in [0.25, 0.3) is 0 Å². The maximum absolute atomic E-state index is 5.89. The molecule has 2 heterocycles. The fourth-order valence-electron chi connectivity index (χ4n) is 2.77. The van der Waals surface area contributed by atoms with Crippen molar-refractivity contribution >= 4 is 16.7 Å². The minimum absolute atomic E-state index is 0.203. The number of nitrogen functional groups attached to an aromatic ring is 1. The van der Waals surface area contributed by atoms with Crippen molar-refractivity contribution in [2.24, 2.45) is 0 Å². The zero-order valence-corrected chi connectivity index (χ0v) is 12.5. The summed E-state index contributed by atoms with van der Waals surface area (Å²) in [5, 5.41) is 0. The van der Waals surface area contributed by atoms with Crippen molar-refractivity contribution in [2.75, 3.05) is 5.73 Å². The fraction of sp³-hybridized carbons (Fsp3) is 0.294. The minimum Gasteiger partial charge on any atom is -0.399 e. The summed E-state index contributed by atoms with van der Waals surface area (Å²) in [6.07, 6.45) is 5.75. The third-order valence-electron chi connectivity index (χ3n) is 3.81. The van der Waals surface area contributed by atoms with Crippen LogP contribution in [-0.4, -0.2) is 14.5 Å². The lowest BCUT2D eigenvalue weighted by molar-refractivity contribution is 0.610. The smallest absolute Gasteiger partial charge is 0.110 e. The van der Waals surface area contributed by atoms with E-state index >= 15 is 0 Å². The van der Waals surface area contributed by atoms with E-state index in [-0.39, 0.29) is 6.04 Å². The van der Waals surface area contributed by atoms with Gasteiger partial charge in [-0.25, -0.2) is 4.98 Å². The highest BCUT2D eigenvalue weighted by molar-refractivity contribution is 5.80. The third kappa shape index (κ3) is 2.49. The lowest BCUT2D eigenvalue weighted by Gasteiger charge is -2.17. The first-order chi connectivity index (χ1) is 10.2. The maximum atomic E-state index is 5.89. The molecule has 0 fully saturated rings. The standard InChI is InChI=1S/C17H20N4/c1-3-5-17-20-15-10-14(18)7-8-16(15)21(17)12(2)13-6-4-9-19-11-13/h4,6-12H,3,5,18H2,1-2H3. The molecule has 1 unspecified atom stereocenters. The molecule has 1 atom stereocenters. The van der Waals surface area contributed by atoms with Crippen molar-refractivity contribution in [3.63, 3.8) is 0 Å². The second-order valence-electron chi connectivity index (χ2n) is 5.36. The molecule has 4 heteroatoms. The van der Waals surface area contributed by atoms with Crippen molar-refractivity contribution in [1.29, 1.82) is 0 Å². The molecular weight excluding hydrogens is 260 g/mol. The average Bonchev–Trinajstić information content (AvgIpc) is 2.85. The van der Waals surface area contributed by atoms with Crippen LogP contribution in [0, 0.1) is 0 Å². The summed E-state index contributed by atoms with van der Waals surface area (Å²) in [6.45, 7) is 4.36. The van der Waals surface area contributed by atoms with Crippen LogP contribution in [0.4, 0.5) is 5.69 Å². The van der Waals surface area contributed by atoms with Crippen LogP contribution in [0.25, 0.3) is 11.0 Å². The van der Waals surface area contributed by atoms with Gasteiger partial charge in [-0.15, -0.1) is 0 Å². The zero-order chi connectivity index (χ0) is 14.8. The van der Waals surface area contributed by atoms with Crippen LogP contribution in [-0.2, 0) is 6.42 Å². The van der Waals surface area contributed by atoms with Crippen LogP contribution in [0.3, 0.4) is 0 Å². The molecule has 0 aliphatic heterocycles. The Hall–Kier alpha value is -2.36. The van der Waals surface area contributed by atoms with E-state index in [2.05, 4.69) is 35.5 Å². The molecule has 1 aromatic carbocycles. The molecule has 0 amide bonds. The summed E-state index contributed by atoms with van der Waals surface area (Å²) in [4.78, 5) is 9.00. The van der Waals surface area contributed by atoms with E-state index < -0.39 is 0 Å². The lowest BCUT2D eigenvalue weighted by atomic mass is 10.1. The topological polar surface area (TPSA) is 56.7 Å². The van der Waals surface area contributed by atoms with Crippen LogP contribution in [0.1, 0.15) is 37.7 Å². The van der Waals surface area contributed by atoms with E-state index in [1.54, 1.807) is 6.20 Å². The average molecular weight is 280 g/mol. The number of benzene rings is 1. The molecule has 3 aromatic rings. The predicted molar refractivity (Wildman–Crippen MR) is 86.2 cm³/mol. The van der Waals surface area contributed by atoms with Gasteiger partial charge in [0.1, 0.15) is 5.82 Å².